The zero-order valence-electron chi connectivity index (χ0n) is 15.7. The van der Waals surface area contributed by atoms with Gasteiger partial charge in [-0.2, -0.15) is 0 Å². The summed E-state index contributed by atoms with van der Waals surface area (Å²) < 4.78 is 13.7. The molecule has 0 radical (unpaired) electrons. The van der Waals surface area contributed by atoms with Crippen LogP contribution in [0.4, 0.5) is 4.39 Å². The minimum absolute atomic E-state index is 0.0841. The van der Waals surface area contributed by atoms with Crippen LogP contribution in [0.25, 0.3) is 0 Å². The average molecular weight is 366 g/mol. The van der Waals surface area contributed by atoms with E-state index in [9.17, 15) is 9.18 Å². The van der Waals surface area contributed by atoms with E-state index in [4.69, 9.17) is 0 Å². The number of hydrogen-bond acceptors (Lipinski definition) is 2. The third kappa shape index (κ3) is 3.91. The standard InChI is InChI=1S/C23H27FN2O/c24-20-9-4-8-19(16-20)23(12-5-13-23)22(27)25-21-10-14-26(15-11-21)17-18-6-2-1-3-7-18/h1-4,6-9,16,21H,5,10-15,17H2,(H,25,27). The van der Waals surface area contributed by atoms with Gasteiger partial charge in [-0.15, -0.1) is 0 Å². The molecule has 0 spiro atoms. The maximum Gasteiger partial charge on any atom is 0.230 e. The molecule has 4 rings (SSSR count). The highest BCUT2D eigenvalue weighted by atomic mass is 19.1. The lowest BCUT2D eigenvalue weighted by Crippen LogP contribution is -2.54. The average Bonchev–Trinajstić information content (AvgIpc) is 2.63. The number of rotatable bonds is 5. The van der Waals surface area contributed by atoms with Crippen LogP contribution in [-0.4, -0.2) is 29.9 Å². The number of carbonyl (C=O) groups excluding carboxylic acids is 1. The predicted molar refractivity (Wildman–Crippen MR) is 105 cm³/mol. The molecule has 1 heterocycles. The Bertz CT molecular complexity index is 780. The molecule has 142 valence electrons. The molecule has 1 saturated carbocycles. The van der Waals surface area contributed by atoms with Gasteiger partial charge < -0.3 is 5.32 Å². The van der Waals surface area contributed by atoms with Crippen LogP contribution in [0.2, 0.25) is 0 Å². The summed E-state index contributed by atoms with van der Waals surface area (Å²) in [7, 11) is 0. The Labute approximate surface area is 160 Å². The lowest BCUT2D eigenvalue weighted by Gasteiger charge is -2.42. The van der Waals surface area contributed by atoms with Crippen molar-refractivity contribution < 1.29 is 9.18 Å². The van der Waals surface area contributed by atoms with Gasteiger partial charge in [-0.3, -0.25) is 9.69 Å². The molecular formula is C23H27FN2O. The monoisotopic (exact) mass is 366 g/mol. The van der Waals surface area contributed by atoms with Crippen molar-refractivity contribution in [2.45, 2.75) is 50.1 Å². The molecular weight excluding hydrogens is 339 g/mol. The number of amides is 1. The fourth-order valence-corrected chi connectivity index (χ4v) is 4.36. The van der Waals surface area contributed by atoms with Gasteiger partial charge in [0.2, 0.25) is 5.91 Å². The van der Waals surface area contributed by atoms with Crippen molar-refractivity contribution in [3.63, 3.8) is 0 Å². The zero-order valence-corrected chi connectivity index (χ0v) is 15.7. The number of nitrogens with one attached hydrogen (secondary N) is 1. The second kappa shape index (κ2) is 7.81. The normalized spacial score (nSPS) is 20.0. The van der Waals surface area contributed by atoms with Gasteiger partial charge in [-0.1, -0.05) is 48.9 Å². The van der Waals surface area contributed by atoms with Gasteiger partial charge in [0.15, 0.2) is 0 Å². The number of nitrogens with zero attached hydrogens (tertiary/aromatic N) is 1. The van der Waals surface area contributed by atoms with Crippen molar-refractivity contribution in [3.8, 4) is 0 Å². The van der Waals surface area contributed by atoms with Gasteiger partial charge in [0, 0.05) is 25.7 Å². The molecule has 1 aliphatic heterocycles. The third-order valence-electron chi connectivity index (χ3n) is 6.19. The lowest BCUT2D eigenvalue weighted by molar-refractivity contribution is -0.131. The Hall–Kier alpha value is -2.20. The van der Waals surface area contributed by atoms with E-state index in [1.54, 1.807) is 6.07 Å². The predicted octanol–water partition coefficient (Wildman–Crippen LogP) is 4.03. The molecule has 0 bridgehead atoms. The molecule has 1 N–H and O–H groups in total. The maximum atomic E-state index is 13.7. The topological polar surface area (TPSA) is 32.3 Å². The van der Waals surface area contributed by atoms with Crippen LogP contribution < -0.4 is 5.32 Å². The number of hydrogen-bond donors (Lipinski definition) is 1. The molecule has 0 atom stereocenters. The highest BCUT2D eigenvalue weighted by molar-refractivity contribution is 5.89. The molecule has 1 aliphatic carbocycles. The van der Waals surface area contributed by atoms with Crippen molar-refractivity contribution in [3.05, 3.63) is 71.5 Å². The van der Waals surface area contributed by atoms with Crippen molar-refractivity contribution in [2.24, 2.45) is 0 Å². The van der Waals surface area contributed by atoms with Crippen LogP contribution in [0, 0.1) is 5.82 Å². The Balaban J connectivity index is 1.34. The molecule has 2 aromatic carbocycles. The van der Waals surface area contributed by atoms with Gasteiger partial charge in [-0.25, -0.2) is 4.39 Å². The van der Waals surface area contributed by atoms with Crippen LogP contribution in [0.1, 0.15) is 43.2 Å². The van der Waals surface area contributed by atoms with Crippen LogP contribution in [0.5, 0.6) is 0 Å². The van der Waals surface area contributed by atoms with E-state index in [1.165, 1.54) is 17.7 Å². The lowest BCUT2D eigenvalue weighted by atomic mass is 9.63. The first-order valence-electron chi connectivity index (χ1n) is 9.99. The molecule has 27 heavy (non-hydrogen) atoms. The van der Waals surface area contributed by atoms with E-state index in [0.717, 1.165) is 57.3 Å². The van der Waals surface area contributed by atoms with E-state index >= 15 is 0 Å². The van der Waals surface area contributed by atoms with Gasteiger partial charge >= 0.3 is 0 Å². The summed E-state index contributed by atoms with van der Waals surface area (Å²) in [6, 6.07) is 17.3. The van der Waals surface area contributed by atoms with Crippen molar-refractivity contribution in [1.29, 1.82) is 0 Å². The fraction of sp³-hybridized carbons (Fsp3) is 0.435. The van der Waals surface area contributed by atoms with E-state index < -0.39 is 5.41 Å². The summed E-state index contributed by atoms with van der Waals surface area (Å²) >= 11 is 0. The molecule has 0 aromatic heterocycles. The smallest absolute Gasteiger partial charge is 0.230 e. The number of carbonyl (C=O) groups is 1. The van der Waals surface area contributed by atoms with E-state index in [1.807, 2.05) is 12.1 Å². The summed E-state index contributed by atoms with van der Waals surface area (Å²) in [6.07, 6.45) is 4.60. The second-order valence-corrected chi connectivity index (χ2v) is 7.96. The van der Waals surface area contributed by atoms with Crippen LogP contribution >= 0.6 is 0 Å². The molecule has 1 amide bonds. The Kier molecular flexibility index (Phi) is 5.26. The van der Waals surface area contributed by atoms with Gasteiger partial charge in [0.1, 0.15) is 5.82 Å². The van der Waals surface area contributed by atoms with Crippen LogP contribution in [0.15, 0.2) is 54.6 Å². The number of halogens is 1. The van der Waals surface area contributed by atoms with E-state index in [2.05, 4.69) is 34.5 Å². The molecule has 1 saturated heterocycles. The highest BCUT2D eigenvalue weighted by Gasteiger charge is 2.46. The van der Waals surface area contributed by atoms with E-state index in [0.29, 0.717) is 0 Å². The van der Waals surface area contributed by atoms with Crippen molar-refractivity contribution in [1.82, 2.24) is 10.2 Å². The minimum Gasteiger partial charge on any atom is -0.353 e. The first kappa shape index (κ1) is 18.2. The quantitative estimate of drug-likeness (QED) is 0.867. The van der Waals surface area contributed by atoms with Gasteiger partial charge in [0.05, 0.1) is 5.41 Å². The molecule has 3 nitrogen and oxygen atoms in total. The van der Waals surface area contributed by atoms with Crippen molar-refractivity contribution in [2.75, 3.05) is 13.1 Å². The molecule has 2 aromatic rings. The maximum absolute atomic E-state index is 13.7. The van der Waals surface area contributed by atoms with Crippen molar-refractivity contribution >= 4 is 5.91 Å². The summed E-state index contributed by atoms with van der Waals surface area (Å²) in [5.41, 5.74) is 1.63. The minimum atomic E-state index is -0.525. The Morgan fingerprint density at radius 3 is 2.44 bits per heavy atom. The molecule has 0 unspecified atom stereocenters. The van der Waals surface area contributed by atoms with Gasteiger partial charge in [0.25, 0.3) is 0 Å². The third-order valence-corrected chi connectivity index (χ3v) is 6.19. The largest absolute Gasteiger partial charge is 0.353 e. The Morgan fingerprint density at radius 2 is 1.81 bits per heavy atom. The number of likely N-dealkylation sites (tertiary alicyclic amines) is 1. The summed E-state index contributed by atoms with van der Waals surface area (Å²) in [4.78, 5) is 15.5. The summed E-state index contributed by atoms with van der Waals surface area (Å²) in [5.74, 6) is -0.179. The molecule has 2 fully saturated rings. The summed E-state index contributed by atoms with van der Waals surface area (Å²) in [5, 5.41) is 3.28. The van der Waals surface area contributed by atoms with Crippen LogP contribution in [-0.2, 0) is 16.8 Å². The second-order valence-electron chi connectivity index (χ2n) is 7.96. The van der Waals surface area contributed by atoms with E-state index in [-0.39, 0.29) is 17.8 Å². The molecule has 4 heteroatoms. The van der Waals surface area contributed by atoms with Gasteiger partial charge in [-0.05, 0) is 48.9 Å². The first-order valence-corrected chi connectivity index (χ1v) is 9.99. The zero-order chi connectivity index (χ0) is 18.7. The Morgan fingerprint density at radius 1 is 1.07 bits per heavy atom. The SMILES string of the molecule is O=C(NC1CCN(Cc2ccccc2)CC1)C1(c2cccc(F)c2)CCC1. The molecule has 2 aliphatic rings. The number of piperidine rings is 1. The first-order chi connectivity index (χ1) is 13.2. The number of benzene rings is 2. The summed E-state index contributed by atoms with van der Waals surface area (Å²) in [6.45, 7) is 2.95. The van der Waals surface area contributed by atoms with Crippen LogP contribution in [0.3, 0.4) is 0 Å². The highest BCUT2D eigenvalue weighted by Crippen LogP contribution is 2.44. The fourth-order valence-electron chi connectivity index (χ4n) is 4.36.